The molecule has 0 aliphatic heterocycles. The lowest BCUT2D eigenvalue weighted by Gasteiger charge is -2.14. The molecule has 0 spiro atoms. The summed E-state index contributed by atoms with van der Waals surface area (Å²) in [5.74, 6) is 0.284. The average molecular weight is 553 g/mol. The summed E-state index contributed by atoms with van der Waals surface area (Å²) < 4.78 is 13.6. The smallest absolute Gasteiger partial charge is 0.335 e. The monoisotopic (exact) mass is 552 g/mol. The van der Waals surface area contributed by atoms with Crippen LogP contribution in [0.15, 0.2) is 71.9 Å². The third-order valence-corrected chi connectivity index (χ3v) is 6.55. The van der Waals surface area contributed by atoms with Gasteiger partial charge in [0.2, 0.25) is 5.91 Å². The molecule has 9 nitrogen and oxygen atoms in total. The Kier molecular flexibility index (Phi) is 8.88. The molecule has 11 heteroatoms. The fourth-order valence-electron chi connectivity index (χ4n) is 3.54. The van der Waals surface area contributed by atoms with Crippen LogP contribution in [0.5, 0.6) is 11.5 Å². The summed E-state index contributed by atoms with van der Waals surface area (Å²) in [7, 11) is 0. The van der Waals surface area contributed by atoms with Crippen LogP contribution in [0, 0.1) is 6.92 Å². The van der Waals surface area contributed by atoms with Crippen molar-refractivity contribution in [3.05, 3.63) is 88.7 Å². The van der Waals surface area contributed by atoms with E-state index < -0.39 is 5.97 Å². The van der Waals surface area contributed by atoms with Gasteiger partial charge in [-0.1, -0.05) is 47.6 Å². The van der Waals surface area contributed by atoms with Gasteiger partial charge in [0.05, 0.1) is 28.6 Å². The number of rotatable bonds is 11. The second kappa shape index (κ2) is 12.5. The highest BCUT2D eigenvalue weighted by molar-refractivity contribution is 7.99. The number of carboxylic acids is 1. The lowest BCUT2D eigenvalue weighted by Crippen LogP contribution is -2.15. The number of carbonyl (C=O) groups excluding carboxylic acids is 1. The summed E-state index contributed by atoms with van der Waals surface area (Å²) in [5, 5.41) is 21.2. The standard InChI is InChI=1S/C27H25ClN4O5S/c1-3-36-23-13-17(2)9-12-22(23)37-15-24-30-31-27(32(24)19-7-5-4-6-8-19)38-16-25(33)29-21-14-18(26(34)35)10-11-20(21)28/h4-14H,3,15-16H2,1-2H3,(H,29,33)(H,34,35). The number of nitrogens with one attached hydrogen (secondary N) is 1. The molecule has 1 amide bonds. The predicted octanol–water partition coefficient (Wildman–Crippen LogP) is 5.64. The van der Waals surface area contributed by atoms with Crippen molar-refractivity contribution in [3.63, 3.8) is 0 Å². The molecule has 1 aromatic heterocycles. The highest BCUT2D eigenvalue weighted by Crippen LogP contribution is 2.30. The number of aromatic nitrogens is 3. The van der Waals surface area contributed by atoms with E-state index >= 15 is 0 Å². The van der Waals surface area contributed by atoms with Gasteiger partial charge in [-0.25, -0.2) is 4.79 Å². The van der Waals surface area contributed by atoms with Gasteiger partial charge in [-0.2, -0.15) is 0 Å². The fourth-order valence-corrected chi connectivity index (χ4v) is 4.47. The summed E-state index contributed by atoms with van der Waals surface area (Å²) in [6, 6.07) is 19.3. The van der Waals surface area contributed by atoms with E-state index in [-0.39, 0.29) is 34.5 Å². The zero-order chi connectivity index (χ0) is 27.1. The quantitative estimate of drug-likeness (QED) is 0.230. The van der Waals surface area contributed by atoms with Gasteiger partial charge in [0, 0.05) is 5.69 Å². The van der Waals surface area contributed by atoms with Gasteiger partial charge < -0.3 is 19.9 Å². The first-order valence-corrected chi connectivity index (χ1v) is 13.0. The number of anilines is 1. The second-order valence-electron chi connectivity index (χ2n) is 8.08. The van der Waals surface area contributed by atoms with E-state index in [0.29, 0.717) is 29.1 Å². The SMILES string of the molecule is CCOc1cc(C)ccc1OCc1nnc(SCC(=O)Nc2cc(C(=O)O)ccc2Cl)n1-c1ccccc1. The lowest BCUT2D eigenvalue weighted by molar-refractivity contribution is -0.113. The molecule has 0 bridgehead atoms. The highest BCUT2D eigenvalue weighted by Gasteiger charge is 2.18. The fraction of sp³-hybridized carbons (Fsp3) is 0.185. The minimum atomic E-state index is -1.11. The van der Waals surface area contributed by atoms with E-state index in [4.69, 9.17) is 21.1 Å². The summed E-state index contributed by atoms with van der Waals surface area (Å²) in [4.78, 5) is 23.9. The lowest BCUT2D eigenvalue weighted by atomic mass is 10.2. The molecule has 4 aromatic rings. The summed E-state index contributed by atoms with van der Waals surface area (Å²) in [6.07, 6.45) is 0. The van der Waals surface area contributed by atoms with Gasteiger partial charge in [-0.3, -0.25) is 9.36 Å². The van der Waals surface area contributed by atoms with E-state index in [2.05, 4.69) is 15.5 Å². The van der Waals surface area contributed by atoms with Crippen LogP contribution in [0.3, 0.4) is 0 Å². The Morgan fingerprint density at radius 1 is 1.03 bits per heavy atom. The van der Waals surface area contributed by atoms with E-state index in [1.165, 1.54) is 30.0 Å². The van der Waals surface area contributed by atoms with E-state index in [0.717, 1.165) is 11.3 Å². The molecular weight excluding hydrogens is 528 g/mol. The van der Waals surface area contributed by atoms with Crippen LogP contribution in [0.25, 0.3) is 5.69 Å². The number of halogens is 1. The number of hydrogen-bond acceptors (Lipinski definition) is 7. The molecule has 196 valence electrons. The molecule has 0 fully saturated rings. The van der Waals surface area contributed by atoms with Crippen LogP contribution in [-0.4, -0.2) is 44.1 Å². The molecular formula is C27H25ClN4O5S. The zero-order valence-corrected chi connectivity index (χ0v) is 22.3. The molecule has 0 atom stereocenters. The number of nitrogens with zero attached hydrogens (tertiary/aromatic N) is 3. The van der Waals surface area contributed by atoms with Crippen molar-refractivity contribution in [2.75, 3.05) is 17.7 Å². The van der Waals surface area contributed by atoms with Crippen LogP contribution in [0.1, 0.15) is 28.7 Å². The van der Waals surface area contributed by atoms with Gasteiger partial charge in [0.1, 0.15) is 6.61 Å². The molecule has 3 aromatic carbocycles. The first-order valence-electron chi connectivity index (χ1n) is 11.7. The Hall–Kier alpha value is -4.02. The minimum Gasteiger partial charge on any atom is -0.490 e. The number of benzene rings is 3. The average Bonchev–Trinajstić information content (AvgIpc) is 3.31. The molecule has 0 saturated carbocycles. The Morgan fingerprint density at radius 3 is 2.55 bits per heavy atom. The normalized spacial score (nSPS) is 10.7. The van der Waals surface area contributed by atoms with Crippen LogP contribution >= 0.6 is 23.4 Å². The summed E-state index contributed by atoms with van der Waals surface area (Å²) in [5.41, 5.74) is 2.11. The molecule has 0 radical (unpaired) electrons. The van der Waals surface area contributed by atoms with Gasteiger partial charge >= 0.3 is 5.97 Å². The van der Waals surface area contributed by atoms with Crippen molar-refractivity contribution in [2.45, 2.75) is 25.6 Å². The minimum absolute atomic E-state index is 0.00803. The van der Waals surface area contributed by atoms with Crippen LogP contribution in [0.2, 0.25) is 5.02 Å². The number of hydrogen-bond donors (Lipinski definition) is 2. The number of aryl methyl sites for hydroxylation is 1. The predicted molar refractivity (Wildman–Crippen MR) is 146 cm³/mol. The van der Waals surface area contributed by atoms with Gasteiger partial charge in [0.15, 0.2) is 22.5 Å². The molecule has 0 aliphatic carbocycles. The number of ether oxygens (including phenoxy) is 2. The van der Waals surface area contributed by atoms with Crippen molar-refractivity contribution >= 4 is 40.9 Å². The molecule has 0 saturated heterocycles. The van der Waals surface area contributed by atoms with Crippen molar-refractivity contribution in [2.24, 2.45) is 0 Å². The number of amides is 1. The topological polar surface area (TPSA) is 116 Å². The molecule has 38 heavy (non-hydrogen) atoms. The zero-order valence-electron chi connectivity index (χ0n) is 20.7. The maximum atomic E-state index is 12.7. The number of carbonyl (C=O) groups is 2. The van der Waals surface area contributed by atoms with Crippen molar-refractivity contribution < 1.29 is 24.2 Å². The largest absolute Gasteiger partial charge is 0.490 e. The number of aromatic carboxylic acids is 1. The Bertz CT molecular complexity index is 1440. The van der Waals surface area contributed by atoms with Crippen LogP contribution in [0.4, 0.5) is 5.69 Å². The number of para-hydroxylation sites is 1. The first-order chi connectivity index (χ1) is 18.4. The van der Waals surface area contributed by atoms with Crippen molar-refractivity contribution in [1.29, 1.82) is 0 Å². The number of thioether (sulfide) groups is 1. The van der Waals surface area contributed by atoms with Crippen LogP contribution < -0.4 is 14.8 Å². The Morgan fingerprint density at radius 2 is 1.82 bits per heavy atom. The molecule has 4 rings (SSSR count). The van der Waals surface area contributed by atoms with Crippen molar-refractivity contribution in [1.82, 2.24) is 14.8 Å². The summed E-state index contributed by atoms with van der Waals surface area (Å²) in [6.45, 7) is 4.52. The van der Waals surface area contributed by atoms with E-state index in [9.17, 15) is 14.7 Å². The molecule has 1 heterocycles. The number of carboxylic acid groups (broad SMARTS) is 1. The summed E-state index contributed by atoms with van der Waals surface area (Å²) >= 11 is 7.31. The molecule has 0 unspecified atom stereocenters. The Balaban J connectivity index is 1.51. The van der Waals surface area contributed by atoms with E-state index in [1.54, 1.807) is 0 Å². The maximum Gasteiger partial charge on any atom is 0.335 e. The van der Waals surface area contributed by atoms with Crippen LogP contribution in [-0.2, 0) is 11.4 Å². The second-order valence-corrected chi connectivity index (χ2v) is 9.43. The highest BCUT2D eigenvalue weighted by atomic mass is 35.5. The Labute approximate surface area is 228 Å². The third-order valence-electron chi connectivity index (χ3n) is 5.29. The maximum absolute atomic E-state index is 12.7. The molecule has 2 N–H and O–H groups in total. The van der Waals surface area contributed by atoms with Gasteiger partial charge in [-0.15, -0.1) is 10.2 Å². The van der Waals surface area contributed by atoms with E-state index in [1.807, 2.05) is 66.9 Å². The van der Waals surface area contributed by atoms with Gasteiger partial charge in [0.25, 0.3) is 0 Å². The third kappa shape index (κ3) is 6.64. The van der Waals surface area contributed by atoms with Gasteiger partial charge in [-0.05, 0) is 61.9 Å². The molecule has 0 aliphatic rings. The first kappa shape index (κ1) is 27.0. The van der Waals surface area contributed by atoms with Crippen molar-refractivity contribution in [3.8, 4) is 17.2 Å².